The number of hydrogen-bond donors (Lipinski definition) is 0. The van der Waals surface area contributed by atoms with Gasteiger partial charge in [-0.2, -0.15) is 0 Å². The molecule has 4 aromatic rings. The van der Waals surface area contributed by atoms with Crippen LogP contribution in [0.15, 0.2) is 78.0 Å². The Bertz CT molecular complexity index is 1100. The zero-order valence-corrected chi connectivity index (χ0v) is 17.7. The van der Waals surface area contributed by atoms with Crippen molar-refractivity contribution in [3.63, 3.8) is 0 Å². The van der Waals surface area contributed by atoms with Gasteiger partial charge in [-0.3, -0.25) is 14.7 Å². The van der Waals surface area contributed by atoms with Crippen LogP contribution in [-0.4, -0.2) is 21.6 Å². The van der Waals surface area contributed by atoms with Crippen molar-refractivity contribution >= 4 is 44.4 Å². The van der Waals surface area contributed by atoms with Gasteiger partial charge in [0.2, 0.25) is 5.91 Å². The second-order valence-corrected chi connectivity index (χ2v) is 8.90. The predicted molar refractivity (Wildman–Crippen MR) is 122 cm³/mol. The van der Waals surface area contributed by atoms with E-state index in [9.17, 15) is 4.79 Å². The Morgan fingerprint density at radius 2 is 1.97 bits per heavy atom. The first-order chi connectivity index (χ1) is 14.2. The van der Waals surface area contributed by atoms with Gasteiger partial charge < -0.3 is 0 Å². The highest BCUT2D eigenvalue weighted by Gasteiger charge is 2.20. The van der Waals surface area contributed by atoms with Gasteiger partial charge in [-0.25, -0.2) is 4.98 Å². The fourth-order valence-corrected chi connectivity index (χ4v) is 4.92. The molecule has 0 N–H and O–H groups in total. The molecule has 0 saturated heterocycles. The second kappa shape index (κ2) is 9.20. The summed E-state index contributed by atoms with van der Waals surface area (Å²) in [7, 11) is 0. The highest BCUT2D eigenvalue weighted by Crippen LogP contribution is 2.31. The van der Waals surface area contributed by atoms with E-state index in [1.54, 1.807) is 40.4 Å². The first-order valence-electron chi connectivity index (χ1n) is 9.43. The average molecular weight is 420 g/mol. The van der Waals surface area contributed by atoms with Crippen LogP contribution < -0.4 is 4.90 Å². The highest BCUT2D eigenvalue weighted by atomic mass is 32.2. The molecule has 0 saturated carbocycles. The number of amides is 1. The lowest BCUT2D eigenvalue weighted by molar-refractivity contribution is -0.118. The van der Waals surface area contributed by atoms with Gasteiger partial charge in [0.05, 0.1) is 16.8 Å². The third kappa shape index (κ3) is 5.02. The lowest BCUT2D eigenvalue weighted by atomic mass is 10.2. The zero-order valence-electron chi connectivity index (χ0n) is 16.1. The maximum Gasteiger partial charge on any atom is 0.229 e. The second-order valence-electron chi connectivity index (χ2n) is 6.72. The van der Waals surface area contributed by atoms with Crippen molar-refractivity contribution in [2.45, 2.75) is 24.8 Å². The summed E-state index contributed by atoms with van der Waals surface area (Å²) in [5.41, 5.74) is 3.11. The molecule has 2 aromatic carbocycles. The Morgan fingerprint density at radius 3 is 2.76 bits per heavy atom. The van der Waals surface area contributed by atoms with Crippen molar-refractivity contribution in [3.8, 4) is 0 Å². The normalized spacial score (nSPS) is 10.9. The van der Waals surface area contributed by atoms with Crippen LogP contribution in [0.4, 0.5) is 5.13 Å². The lowest BCUT2D eigenvalue weighted by Crippen LogP contribution is -2.30. The standard InChI is InChI=1S/C23H21N3OS2/c1-17-9-10-20-21(14-17)29-23(25-20)26(16-18-6-5-12-24-15-18)22(27)11-13-28-19-7-3-2-4-8-19/h2-10,12,14-15H,11,13,16H2,1H3. The molecule has 0 atom stereocenters. The number of benzene rings is 2. The summed E-state index contributed by atoms with van der Waals surface area (Å²) in [5, 5.41) is 0.740. The molecule has 4 nitrogen and oxygen atoms in total. The van der Waals surface area contributed by atoms with E-state index < -0.39 is 0 Å². The fraction of sp³-hybridized carbons (Fsp3) is 0.174. The Morgan fingerprint density at radius 1 is 1.10 bits per heavy atom. The van der Waals surface area contributed by atoms with Gasteiger partial charge >= 0.3 is 0 Å². The van der Waals surface area contributed by atoms with E-state index in [1.807, 2.05) is 36.4 Å². The molecule has 0 radical (unpaired) electrons. The Hall–Kier alpha value is -2.70. The Labute approximate surface area is 178 Å². The molecule has 2 aromatic heterocycles. The summed E-state index contributed by atoms with van der Waals surface area (Å²) in [6.07, 6.45) is 4.00. The Kier molecular flexibility index (Phi) is 6.22. The van der Waals surface area contributed by atoms with Crippen LogP contribution in [0.25, 0.3) is 10.2 Å². The van der Waals surface area contributed by atoms with Crippen LogP contribution in [0.2, 0.25) is 0 Å². The van der Waals surface area contributed by atoms with Gasteiger partial charge in [-0.05, 0) is 48.4 Å². The minimum Gasteiger partial charge on any atom is -0.284 e. The number of anilines is 1. The van der Waals surface area contributed by atoms with E-state index in [0.717, 1.165) is 26.7 Å². The number of fused-ring (bicyclic) bond motifs is 1. The van der Waals surface area contributed by atoms with Crippen molar-refractivity contribution in [1.82, 2.24) is 9.97 Å². The van der Waals surface area contributed by atoms with Crippen LogP contribution in [0.1, 0.15) is 17.5 Å². The minimum absolute atomic E-state index is 0.0769. The van der Waals surface area contributed by atoms with Crippen LogP contribution in [0.3, 0.4) is 0 Å². The quantitative estimate of drug-likeness (QED) is 0.360. The maximum absolute atomic E-state index is 13.1. The van der Waals surface area contributed by atoms with Crippen LogP contribution in [-0.2, 0) is 11.3 Å². The fourth-order valence-electron chi connectivity index (χ4n) is 2.98. The molecule has 0 fully saturated rings. The number of carbonyl (C=O) groups excluding carboxylic acids is 1. The zero-order chi connectivity index (χ0) is 20.1. The molecule has 0 spiro atoms. The van der Waals surface area contributed by atoms with Crippen LogP contribution >= 0.6 is 23.1 Å². The van der Waals surface area contributed by atoms with Crippen molar-refractivity contribution in [2.75, 3.05) is 10.7 Å². The minimum atomic E-state index is 0.0769. The molecular formula is C23H21N3OS2. The number of aryl methyl sites for hydroxylation is 1. The number of rotatable bonds is 7. The number of pyridine rings is 1. The first-order valence-corrected chi connectivity index (χ1v) is 11.2. The van der Waals surface area contributed by atoms with E-state index in [2.05, 4.69) is 36.2 Å². The number of hydrogen-bond acceptors (Lipinski definition) is 5. The number of carbonyl (C=O) groups is 1. The summed E-state index contributed by atoms with van der Waals surface area (Å²) in [4.78, 5) is 25.0. The molecular weight excluding hydrogens is 398 g/mol. The lowest BCUT2D eigenvalue weighted by Gasteiger charge is -2.20. The van der Waals surface area contributed by atoms with Crippen molar-refractivity contribution in [2.24, 2.45) is 0 Å². The molecule has 4 rings (SSSR count). The van der Waals surface area contributed by atoms with Crippen molar-refractivity contribution in [3.05, 3.63) is 84.2 Å². The summed E-state index contributed by atoms with van der Waals surface area (Å²) in [6, 6.07) is 20.2. The molecule has 2 heterocycles. The van der Waals surface area contributed by atoms with Gasteiger partial charge in [-0.15, -0.1) is 11.8 Å². The van der Waals surface area contributed by atoms with Gasteiger partial charge in [0.1, 0.15) is 0 Å². The van der Waals surface area contributed by atoms with Crippen molar-refractivity contribution < 1.29 is 4.79 Å². The molecule has 1 amide bonds. The van der Waals surface area contributed by atoms with Crippen molar-refractivity contribution in [1.29, 1.82) is 0 Å². The summed E-state index contributed by atoms with van der Waals surface area (Å²) in [5.74, 6) is 0.809. The van der Waals surface area contributed by atoms with Gasteiger partial charge in [0.25, 0.3) is 0 Å². The first kappa shape index (κ1) is 19.6. The molecule has 0 unspecified atom stereocenters. The number of aromatic nitrogens is 2. The van der Waals surface area contributed by atoms with E-state index in [1.165, 1.54) is 10.5 Å². The summed E-state index contributed by atoms with van der Waals surface area (Å²) >= 11 is 3.26. The monoisotopic (exact) mass is 419 g/mol. The summed E-state index contributed by atoms with van der Waals surface area (Å²) in [6.45, 7) is 2.54. The van der Waals surface area contributed by atoms with E-state index in [0.29, 0.717) is 13.0 Å². The maximum atomic E-state index is 13.1. The Balaban J connectivity index is 1.54. The molecule has 0 aliphatic carbocycles. The van der Waals surface area contributed by atoms with Gasteiger partial charge in [-0.1, -0.05) is 41.7 Å². The van der Waals surface area contributed by atoms with Crippen LogP contribution in [0, 0.1) is 6.92 Å². The number of nitrogens with zero attached hydrogens (tertiary/aromatic N) is 3. The average Bonchev–Trinajstić information content (AvgIpc) is 3.16. The van der Waals surface area contributed by atoms with Crippen LogP contribution in [0.5, 0.6) is 0 Å². The summed E-state index contributed by atoms with van der Waals surface area (Å²) < 4.78 is 1.10. The molecule has 0 aliphatic heterocycles. The molecule has 146 valence electrons. The van der Waals surface area contributed by atoms with E-state index >= 15 is 0 Å². The smallest absolute Gasteiger partial charge is 0.229 e. The van der Waals surface area contributed by atoms with E-state index in [4.69, 9.17) is 4.98 Å². The number of thiazole rings is 1. The predicted octanol–water partition coefficient (Wildman–Crippen LogP) is 5.72. The third-order valence-electron chi connectivity index (χ3n) is 4.46. The third-order valence-corrected chi connectivity index (χ3v) is 6.51. The largest absolute Gasteiger partial charge is 0.284 e. The molecule has 29 heavy (non-hydrogen) atoms. The van der Waals surface area contributed by atoms with Gasteiger partial charge in [0.15, 0.2) is 5.13 Å². The molecule has 0 bridgehead atoms. The topological polar surface area (TPSA) is 46.1 Å². The SMILES string of the molecule is Cc1ccc2nc(N(Cc3cccnc3)C(=O)CCSc3ccccc3)sc2c1. The van der Waals surface area contributed by atoms with Gasteiger partial charge in [0, 0.05) is 29.5 Å². The number of thioether (sulfide) groups is 1. The van der Waals surface area contributed by atoms with E-state index in [-0.39, 0.29) is 5.91 Å². The molecule has 6 heteroatoms. The molecule has 0 aliphatic rings. The highest BCUT2D eigenvalue weighted by molar-refractivity contribution is 7.99.